The molecule has 1 unspecified atom stereocenters. The van der Waals surface area contributed by atoms with Gasteiger partial charge in [-0.05, 0) is 20.3 Å². The third-order valence-corrected chi connectivity index (χ3v) is 4.38. The lowest BCUT2D eigenvalue weighted by Crippen LogP contribution is -2.41. The van der Waals surface area contributed by atoms with Gasteiger partial charge in [0.1, 0.15) is 10.8 Å². The van der Waals surface area contributed by atoms with Gasteiger partial charge in [0.05, 0.1) is 0 Å². The lowest BCUT2D eigenvalue weighted by molar-refractivity contribution is -0.137. The van der Waals surface area contributed by atoms with Gasteiger partial charge in [0.15, 0.2) is 5.12 Å². The second-order valence-electron chi connectivity index (χ2n) is 5.08. The van der Waals surface area contributed by atoms with E-state index in [2.05, 4.69) is 0 Å². The van der Waals surface area contributed by atoms with Gasteiger partial charge in [0.2, 0.25) is 0 Å². The van der Waals surface area contributed by atoms with Crippen molar-refractivity contribution in [2.45, 2.75) is 38.0 Å². The molecule has 8 heteroatoms. The number of nitrogens with zero attached hydrogens (tertiary/aromatic N) is 2. The van der Waals surface area contributed by atoms with Gasteiger partial charge in [-0.1, -0.05) is 11.8 Å². The molecule has 1 atom stereocenters. The van der Waals surface area contributed by atoms with Crippen LogP contribution in [-0.2, 0) is 14.4 Å². The molecule has 1 N–H and O–H groups in total. The largest absolute Gasteiger partial charge is 0.480 e. The van der Waals surface area contributed by atoms with Crippen LogP contribution in [0.5, 0.6) is 0 Å². The number of urea groups is 1. The SMILES string of the molecule is CC(=O)SC(CCN1C(=O)N(C)C(C)(C)C1=O)C(=O)O. The van der Waals surface area contributed by atoms with E-state index in [1.807, 2.05) is 0 Å². The molecule has 20 heavy (non-hydrogen) atoms. The molecule has 0 aromatic heterocycles. The number of hydrogen-bond acceptors (Lipinski definition) is 5. The smallest absolute Gasteiger partial charge is 0.327 e. The van der Waals surface area contributed by atoms with Crippen LogP contribution >= 0.6 is 11.8 Å². The standard InChI is InChI=1S/C12H18N2O5S/c1-7(15)20-8(9(16)17)5-6-14-10(18)12(2,3)13(4)11(14)19/h8H,5-6H2,1-4H3,(H,16,17). The molecule has 7 nitrogen and oxygen atoms in total. The van der Waals surface area contributed by atoms with E-state index in [-0.39, 0.29) is 24.0 Å². The Hall–Kier alpha value is -1.57. The summed E-state index contributed by atoms with van der Waals surface area (Å²) < 4.78 is 0. The third kappa shape index (κ3) is 3.12. The lowest BCUT2D eigenvalue weighted by atomic mass is 10.1. The summed E-state index contributed by atoms with van der Waals surface area (Å²) in [6.07, 6.45) is 0.0426. The summed E-state index contributed by atoms with van der Waals surface area (Å²) in [6, 6.07) is -0.447. The highest BCUT2D eigenvalue weighted by molar-refractivity contribution is 8.14. The number of likely N-dealkylation sites (N-methyl/N-ethyl adjacent to an activating group) is 1. The first kappa shape index (κ1) is 16.5. The Morgan fingerprint density at radius 2 is 1.90 bits per heavy atom. The average molecular weight is 302 g/mol. The summed E-state index contributed by atoms with van der Waals surface area (Å²) in [5.74, 6) is -1.49. The van der Waals surface area contributed by atoms with Crippen molar-refractivity contribution < 1.29 is 24.3 Å². The topological polar surface area (TPSA) is 95.0 Å². The number of carbonyl (C=O) groups is 4. The first-order valence-electron chi connectivity index (χ1n) is 6.08. The van der Waals surface area contributed by atoms with Crippen LogP contribution in [0.4, 0.5) is 4.79 Å². The predicted octanol–water partition coefficient (Wildman–Crippen LogP) is 0.782. The minimum atomic E-state index is -1.13. The highest BCUT2D eigenvalue weighted by atomic mass is 32.2. The monoisotopic (exact) mass is 302 g/mol. The molecule has 0 aliphatic carbocycles. The summed E-state index contributed by atoms with van der Waals surface area (Å²) in [4.78, 5) is 48.4. The number of hydrogen-bond donors (Lipinski definition) is 1. The Morgan fingerprint density at radius 1 is 1.35 bits per heavy atom. The summed E-state index contributed by atoms with van der Waals surface area (Å²) in [5, 5.41) is 7.74. The Balaban J connectivity index is 2.74. The van der Waals surface area contributed by atoms with E-state index in [0.29, 0.717) is 11.8 Å². The maximum Gasteiger partial charge on any atom is 0.327 e. The van der Waals surface area contributed by atoms with Gasteiger partial charge >= 0.3 is 12.0 Å². The lowest BCUT2D eigenvalue weighted by Gasteiger charge is -2.22. The maximum atomic E-state index is 12.1. The van der Waals surface area contributed by atoms with Crippen molar-refractivity contribution in [2.75, 3.05) is 13.6 Å². The normalized spacial score (nSPS) is 19.4. The van der Waals surface area contributed by atoms with Crippen molar-refractivity contribution in [3.8, 4) is 0 Å². The Labute approximate surface area is 121 Å². The van der Waals surface area contributed by atoms with Crippen molar-refractivity contribution in [1.82, 2.24) is 9.80 Å². The van der Waals surface area contributed by atoms with Gasteiger partial charge in [-0.15, -0.1) is 0 Å². The molecule has 0 saturated carbocycles. The third-order valence-electron chi connectivity index (χ3n) is 3.32. The average Bonchev–Trinajstić information content (AvgIpc) is 2.47. The van der Waals surface area contributed by atoms with Gasteiger partial charge in [0.25, 0.3) is 5.91 Å². The zero-order valence-corrected chi connectivity index (χ0v) is 12.7. The number of aliphatic carboxylic acids is 1. The van der Waals surface area contributed by atoms with E-state index in [1.165, 1.54) is 18.9 Å². The molecule has 1 saturated heterocycles. The van der Waals surface area contributed by atoms with Crippen molar-refractivity contribution >= 4 is 34.8 Å². The second-order valence-corrected chi connectivity index (χ2v) is 6.46. The minimum Gasteiger partial charge on any atom is -0.480 e. The van der Waals surface area contributed by atoms with E-state index in [0.717, 1.165) is 4.90 Å². The quantitative estimate of drug-likeness (QED) is 0.754. The van der Waals surface area contributed by atoms with Crippen LogP contribution in [0.2, 0.25) is 0 Å². The summed E-state index contributed by atoms with van der Waals surface area (Å²) in [7, 11) is 1.53. The van der Waals surface area contributed by atoms with E-state index >= 15 is 0 Å². The van der Waals surface area contributed by atoms with Crippen LogP contribution in [0, 0.1) is 0 Å². The van der Waals surface area contributed by atoms with E-state index in [1.54, 1.807) is 13.8 Å². The number of carboxylic acid groups (broad SMARTS) is 1. The highest BCUT2D eigenvalue weighted by Crippen LogP contribution is 2.27. The Kier molecular flexibility index (Phi) is 4.80. The van der Waals surface area contributed by atoms with Crippen LogP contribution in [0.15, 0.2) is 0 Å². The highest BCUT2D eigenvalue weighted by Gasteiger charge is 2.49. The second kappa shape index (κ2) is 5.82. The molecule has 1 aliphatic heterocycles. The maximum absolute atomic E-state index is 12.1. The van der Waals surface area contributed by atoms with Crippen molar-refractivity contribution in [2.24, 2.45) is 0 Å². The van der Waals surface area contributed by atoms with Gasteiger partial charge in [-0.25, -0.2) is 4.79 Å². The fourth-order valence-corrected chi connectivity index (χ4v) is 2.58. The van der Waals surface area contributed by atoms with Crippen molar-refractivity contribution in [1.29, 1.82) is 0 Å². The van der Waals surface area contributed by atoms with Crippen LogP contribution in [0.25, 0.3) is 0 Å². The molecule has 0 radical (unpaired) electrons. The summed E-state index contributed by atoms with van der Waals surface area (Å²) in [6.45, 7) is 4.53. The van der Waals surface area contributed by atoms with Gasteiger partial charge in [0, 0.05) is 20.5 Å². The molecule has 0 aromatic rings. The molecule has 1 rings (SSSR count). The van der Waals surface area contributed by atoms with Gasteiger partial charge < -0.3 is 10.0 Å². The van der Waals surface area contributed by atoms with E-state index < -0.39 is 22.8 Å². The molecule has 0 spiro atoms. The van der Waals surface area contributed by atoms with Crippen molar-refractivity contribution in [3.05, 3.63) is 0 Å². The van der Waals surface area contributed by atoms with Crippen LogP contribution in [0.1, 0.15) is 27.2 Å². The Morgan fingerprint density at radius 3 is 2.25 bits per heavy atom. The first-order valence-corrected chi connectivity index (χ1v) is 6.96. The van der Waals surface area contributed by atoms with Crippen LogP contribution in [0.3, 0.4) is 0 Å². The fraction of sp³-hybridized carbons (Fsp3) is 0.667. The fourth-order valence-electron chi connectivity index (χ4n) is 1.86. The van der Waals surface area contributed by atoms with Gasteiger partial charge in [-0.2, -0.15) is 0 Å². The van der Waals surface area contributed by atoms with Crippen molar-refractivity contribution in [3.63, 3.8) is 0 Å². The molecule has 0 aromatic carbocycles. The molecule has 1 aliphatic rings. The zero-order chi connectivity index (χ0) is 15.7. The molecule has 0 bridgehead atoms. The molecular weight excluding hydrogens is 284 g/mol. The number of carboxylic acids is 1. The summed E-state index contributed by atoms with van der Waals surface area (Å²) in [5.41, 5.74) is -0.927. The molecular formula is C12H18N2O5S. The molecule has 1 fully saturated rings. The Bertz CT molecular complexity index is 463. The number of thioether (sulfide) groups is 1. The summed E-state index contributed by atoms with van der Waals surface area (Å²) >= 11 is 0.693. The zero-order valence-electron chi connectivity index (χ0n) is 11.9. The molecule has 3 amide bonds. The molecule has 112 valence electrons. The number of rotatable bonds is 5. The number of imide groups is 1. The van der Waals surface area contributed by atoms with Crippen LogP contribution in [-0.4, -0.2) is 62.3 Å². The minimum absolute atomic E-state index is 0.0112. The van der Waals surface area contributed by atoms with E-state index in [4.69, 9.17) is 5.11 Å². The van der Waals surface area contributed by atoms with Crippen LogP contribution < -0.4 is 0 Å². The van der Waals surface area contributed by atoms with E-state index in [9.17, 15) is 19.2 Å². The first-order chi connectivity index (χ1) is 9.09. The van der Waals surface area contributed by atoms with Gasteiger partial charge in [-0.3, -0.25) is 19.3 Å². The predicted molar refractivity (Wildman–Crippen MR) is 73.3 cm³/mol. The number of amides is 3. The molecule has 1 heterocycles. The number of carbonyl (C=O) groups excluding carboxylic acids is 3.